The lowest BCUT2D eigenvalue weighted by atomic mass is 10.1. The molecule has 0 amide bonds. The van der Waals surface area contributed by atoms with Gasteiger partial charge in [0.25, 0.3) is 0 Å². The highest BCUT2D eigenvalue weighted by Gasteiger charge is 2.10. The zero-order valence-corrected chi connectivity index (χ0v) is 10.4. The lowest BCUT2D eigenvalue weighted by molar-refractivity contribution is 0.390. The zero-order valence-electron chi connectivity index (χ0n) is 10.4. The number of ether oxygens (including phenoxy) is 1. The Labute approximate surface area is 110 Å². The summed E-state index contributed by atoms with van der Waals surface area (Å²) in [6.07, 6.45) is 0.627. The second kappa shape index (κ2) is 4.61. The fraction of sp³-hybridized carbons (Fsp3) is 0.143. The van der Waals surface area contributed by atoms with Crippen molar-refractivity contribution in [3.63, 3.8) is 0 Å². The Morgan fingerprint density at radius 2 is 1.89 bits per heavy atom. The van der Waals surface area contributed by atoms with E-state index in [-0.39, 0.29) is 5.75 Å². The van der Waals surface area contributed by atoms with Gasteiger partial charge in [-0.25, -0.2) is 4.40 Å². The minimum atomic E-state index is 0.257. The minimum absolute atomic E-state index is 0.257. The molecule has 5 nitrogen and oxygen atoms in total. The fourth-order valence-corrected chi connectivity index (χ4v) is 2.04. The smallest absolute Gasteiger partial charge is 0.200 e. The Morgan fingerprint density at radius 1 is 1.11 bits per heavy atom. The Balaban J connectivity index is 2.03. The number of pyridine rings is 1. The first-order valence-electron chi connectivity index (χ1n) is 5.93. The van der Waals surface area contributed by atoms with Gasteiger partial charge in [-0.1, -0.05) is 18.2 Å². The highest BCUT2D eigenvalue weighted by Crippen LogP contribution is 2.18. The predicted molar refractivity (Wildman–Crippen MR) is 70.5 cm³/mol. The molecule has 0 spiro atoms. The van der Waals surface area contributed by atoms with Crippen molar-refractivity contribution < 1.29 is 9.84 Å². The van der Waals surface area contributed by atoms with E-state index in [0.717, 1.165) is 17.0 Å². The van der Waals surface area contributed by atoms with Gasteiger partial charge in [-0.3, -0.25) is 0 Å². The fourth-order valence-electron chi connectivity index (χ4n) is 2.04. The zero-order chi connectivity index (χ0) is 13.2. The van der Waals surface area contributed by atoms with Crippen LogP contribution in [0.4, 0.5) is 0 Å². The number of nitrogens with zero attached hydrogens (tertiary/aromatic N) is 3. The number of fused-ring (bicyclic) bond motifs is 1. The second-order valence-electron chi connectivity index (χ2n) is 4.22. The summed E-state index contributed by atoms with van der Waals surface area (Å²) in [7, 11) is 1.62. The molecule has 19 heavy (non-hydrogen) atoms. The molecule has 0 radical (unpaired) electrons. The van der Waals surface area contributed by atoms with E-state index in [1.165, 1.54) is 0 Å². The number of hydrogen-bond acceptors (Lipinski definition) is 4. The average Bonchev–Trinajstić information content (AvgIpc) is 2.85. The largest absolute Gasteiger partial charge is 0.508 e. The summed E-state index contributed by atoms with van der Waals surface area (Å²) in [5.74, 6) is 1.77. The first-order chi connectivity index (χ1) is 9.28. The number of benzene rings is 1. The van der Waals surface area contributed by atoms with Crippen molar-refractivity contribution in [2.45, 2.75) is 6.42 Å². The van der Waals surface area contributed by atoms with E-state index in [2.05, 4.69) is 10.2 Å². The van der Waals surface area contributed by atoms with Crippen LogP contribution in [0.5, 0.6) is 11.6 Å². The summed E-state index contributed by atoms with van der Waals surface area (Å²) < 4.78 is 7.21. The lowest BCUT2D eigenvalue weighted by Gasteiger charge is -2.06. The number of rotatable bonds is 3. The Hall–Kier alpha value is -2.56. The number of phenolic OH excluding ortho intramolecular Hbond substituents is 1. The van der Waals surface area contributed by atoms with Crippen LogP contribution >= 0.6 is 0 Å². The van der Waals surface area contributed by atoms with Crippen LogP contribution in [-0.2, 0) is 6.42 Å². The summed E-state index contributed by atoms with van der Waals surface area (Å²) in [5.41, 5.74) is 1.81. The van der Waals surface area contributed by atoms with Gasteiger partial charge < -0.3 is 9.84 Å². The summed E-state index contributed by atoms with van der Waals surface area (Å²) in [4.78, 5) is 0. The van der Waals surface area contributed by atoms with Crippen LogP contribution in [0.15, 0.2) is 42.5 Å². The number of hydrogen-bond donors (Lipinski definition) is 1. The van der Waals surface area contributed by atoms with E-state index in [0.29, 0.717) is 12.3 Å². The first kappa shape index (κ1) is 11.5. The van der Waals surface area contributed by atoms with Crippen molar-refractivity contribution in [1.82, 2.24) is 14.6 Å². The van der Waals surface area contributed by atoms with Gasteiger partial charge in [0, 0.05) is 6.42 Å². The average molecular weight is 255 g/mol. The molecule has 0 aliphatic rings. The number of aromatic hydroxyl groups is 1. The molecular weight excluding hydrogens is 242 g/mol. The molecule has 0 unspecified atom stereocenters. The molecule has 0 atom stereocenters. The normalized spacial score (nSPS) is 10.8. The Morgan fingerprint density at radius 3 is 2.63 bits per heavy atom. The van der Waals surface area contributed by atoms with Crippen LogP contribution in [0.3, 0.4) is 0 Å². The van der Waals surface area contributed by atoms with Gasteiger partial charge >= 0.3 is 0 Å². The van der Waals surface area contributed by atoms with Crippen LogP contribution in [0.25, 0.3) is 5.65 Å². The molecule has 96 valence electrons. The number of phenols is 1. The van der Waals surface area contributed by atoms with Gasteiger partial charge in [0.05, 0.1) is 7.11 Å². The van der Waals surface area contributed by atoms with Gasteiger partial charge in [-0.2, -0.15) is 0 Å². The molecule has 0 saturated heterocycles. The van der Waals surface area contributed by atoms with E-state index in [9.17, 15) is 5.11 Å². The van der Waals surface area contributed by atoms with Crippen molar-refractivity contribution in [2.24, 2.45) is 0 Å². The summed E-state index contributed by atoms with van der Waals surface area (Å²) in [5, 5.41) is 17.6. The van der Waals surface area contributed by atoms with Crippen molar-refractivity contribution in [1.29, 1.82) is 0 Å². The summed E-state index contributed by atoms with van der Waals surface area (Å²) in [6, 6.07) is 12.7. The molecule has 3 rings (SSSR count). The summed E-state index contributed by atoms with van der Waals surface area (Å²) in [6.45, 7) is 0. The van der Waals surface area contributed by atoms with E-state index >= 15 is 0 Å². The minimum Gasteiger partial charge on any atom is -0.508 e. The molecule has 1 N–H and O–H groups in total. The van der Waals surface area contributed by atoms with Gasteiger partial charge in [-0.15, -0.1) is 10.2 Å². The second-order valence-corrected chi connectivity index (χ2v) is 4.22. The molecule has 0 fully saturated rings. The molecule has 0 bridgehead atoms. The maximum Gasteiger partial charge on any atom is 0.200 e. The summed E-state index contributed by atoms with van der Waals surface area (Å²) >= 11 is 0. The maximum absolute atomic E-state index is 9.28. The van der Waals surface area contributed by atoms with Gasteiger partial charge in [0.1, 0.15) is 11.6 Å². The van der Waals surface area contributed by atoms with E-state index in [1.54, 1.807) is 19.2 Å². The van der Waals surface area contributed by atoms with Gasteiger partial charge in [0.15, 0.2) is 5.65 Å². The molecule has 0 aliphatic carbocycles. The van der Waals surface area contributed by atoms with Crippen molar-refractivity contribution in [3.8, 4) is 11.6 Å². The third-order valence-corrected chi connectivity index (χ3v) is 2.97. The molecule has 0 aliphatic heterocycles. The van der Waals surface area contributed by atoms with Crippen LogP contribution in [0.2, 0.25) is 0 Å². The van der Waals surface area contributed by atoms with Crippen LogP contribution in [0, 0.1) is 0 Å². The predicted octanol–water partition coefficient (Wildman–Crippen LogP) is 2.03. The van der Waals surface area contributed by atoms with E-state index in [1.807, 2.05) is 34.7 Å². The molecule has 5 heteroatoms. The quantitative estimate of drug-likeness (QED) is 0.778. The lowest BCUT2D eigenvalue weighted by Crippen LogP contribution is -2.00. The third kappa shape index (κ3) is 2.10. The molecule has 2 aromatic heterocycles. The van der Waals surface area contributed by atoms with E-state index in [4.69, 9.17) is 4.74 Å². The molecular formula is C14H13N3O2. The van der Waals surface area contributed by atoms with Crippen molar-refractivity contribution in [3.05, 3.63) is 53.9 Å². The van der Waals surface area contributed by atoms with Crippen LogP contribution < -0.4 is 4.74 Å². The molecule has 2 heterocycles. The van der Waals surface area contributed by atoms with Crippen LogP contribution in [0.1, 0.15) is 11.4 Å². The Kier molecular flexibility index (Phi) is 2.79. The monoisotopic (exact) mass is 255 g/mol. The number of aromatic nitrogens is 3. The van der Waals surface area contributed by atoms with Gasteiger partial charge in [-0.05, 0) is 29.8 Å². The molecule has 0 saturated carbocycles. The number of methoxy groups -OCH3 is 1. The SMILES string of the molecule is COc1cccc2nnc(Cc3ccc(O)cc3)n12. The standard InChI is InChI=1S/C14H13N3O2/c1-19-14-4-2-3-12-15-16-13(17(12)14)9-10-5-7-11(18)8-6-10/h2-8,18H,9H2,1H3. The maximum atomic E-state index is 9.28. The third-order valence-electron chi connectivity index (χ3n) is 2.97. The first-order valence-corrected chi connectivity index (χ1v) is 5.93. The highest BCUT2D eigenvalue weighted by atomic mass is 16.5. The van der Waals surface area contributed by atoms with E-state index < -0.39 is 0 Å². The molecule has 3 aromatic rings. The van der Waals surface area contributed by atoms with Crippen molar-refractivity contribution >= 4 is 5.65 Å². The molecule has 1 aromatic carbocycles. The van der Waals surface area contributed by atoms with Crippen molar-refractivity contribution in [2.75, 3.05) is 7.11 Å². The topological polar surface area (TPSA) is 59.7 Å². The van der Waals surface area contributed by atoms with Gasteiger partial charge in [0.2, 0.25) is 5.88 Å². The van der Waals surface area contributed by atoms with Crippen LogP contribution in [-0.4, -0.2) is 26.8 Å². The highest BCUT2D eigenvalue weighted by molar-refractivity contribution is 5.43. The Bertz CT molecular complexity index is 704.